The highest BCUT2D eigenvalue weighted by atomic mass is 32.2. The summed E-state index contributed by atoms with van der Waals surface area (Å²) in [6, 6.07) is 12.7. The number of sulfonamides is 1. The van der Waals surface area contributed by atoms with Crippen molar-refractivity contribution in [3.8, 4) is 5.75 Å². The van der Waals surface area contributed by atoms with Crippen molar-refractivity contribution < 1.29 is 17.9 Å². The van der Waals surface area contributed by atoms with Crippen molar-refractivity contribution in [3.63, 3.8) is 0 Å². The number of amides is 1. The molecule has 7 heteroatoms. The largest absolute Gasteiger partial charge is 0.494 e. The van der Waals surface area contributed by atoms with Crippen molar-refractivity contribution in [1.29, 1.82) is 0 Å². The Morgan fingerprint density at radius 2 is 1.54 bits per heavy atom. The molecule has 0 aromatic heterocycles. The Bertz CT molecular complexity index is 784. The summed E-state index contributed by atoms with van der Waals surface area (Å²) in [6.45, 7) is 4.17. The molecule has 0 fully saturated rings. The molecule has 0 radical (unpaired) electrons. The third-order valence-electron chi connectivity index (χ3n) is 3.19. The zero-order chi connectivity index (χ0) is 17.6. The number of anilines is 2. The van der Waals surface area contributed by atoms with Crippen LogP contribution in [-0.4, -0.2) is 20.9 Å². The van der Waals surface area contributed by atoms with E-state index in [9.17, 15) is 13.2 Å². The maximum atomic E-state index is 12.4. The first-order valence-electron chi connectivity index (χ1n) is 7.60. The summed E-state index contributed by atoms with van der Waals surface area (Å²) in [7, 11) is -3.69. The van der Waals surface area contributed by atoms with E-state index in [0.29, 0.717) is 30.2 Å². The minimum absolute atomic E-state index is 0.117. The Hall–Kier alpha value is -2.54. The van der Waals surface area contributed by atoms with E-state index in [1.165, 1.54) is 12.1 Å². The molecule has 0 aliphatic heterocycles. The van der Waals surface area contributed by atoms with Gasteiger partial charge < -0.3 is 10.1 Å². The second-order valence-electron chi connectivity index (χ2n) is 4.99. The van der Waals surface area contributed by atoms with Crippen molar-refractivity contribution in [2.45, 2.75) is 25.2 Å². The predicted molar refractivity (Wildman–Crippen MR) is 93.8 cm³/mol. The lowest BCUT2D eigenvalue weighted by molar-refractivity contribution is -0.115. The smallest absolute Gasteiger partial charge is 0.261 e. The van der Waals surface area contributed by atoms with E-state index in [1.807, 2.05) is 6.92 Å². The van der Waals surface area contributed by atoms with E-state index in [2.05, 4.69) is 10.0 Å². The van der Waals surface area contributed by atoms with Gasteiger partial charge in [-0.05, 0) is 55.5 Å². The first-order chi connectivity index (χ1) is 11.4. The van der Waals surface area contributed by atoms with Crippen molar-refractivity contribution in [1.82, 2.24) is 0 Å². The molecule has 1 amide bonds. The molecule has 0 heterocycles. The maximum absolute atomic E-state index is 12.4. The highest BCUT2D eigenvalue weighted by Crippen LogP contribution is 2.20. The Kier molecular flexibility index (Phi) is 5.81. The molecule has 0 spiro atoms. The van der Waals surface area contributed by atoms with Crippen molar-refractivity contribution >= 4 is 27.3 Å². The summed E-state index contributed by atoms with van der Waals surface area (Å²) in [5.41, 5.74) is 1.00. The summed E-state index contributed by atoms with van der Waals surface area (Å²) < 4.78 is 32.6. The summed E-state index contributed by atoms with van der Waals surface area (Å²) in [5.74, 6) is 0.551. The number of hydrogen-bond acceptors (Lipinski definition) is 4. The number of nitrogens with one attached hydrogen (secondary N) is 2. The lowest BCUT2D eigenvalue weighted by Crippen LogP contribution is -2.13. The third kappa shape index (κ3) is 4.73. The normalized spacial score (nSPS) is 10.9. The fraction of sp³-hybridized carbons (Fsp3) is 0.235. The van der Waals surface area contributed by atoms with Gasteiger partial charge in [0.15, 0.2) is 0 Å². The number of benzene rings is 2. The second kappa shape index (κ2) is 7.83. The standard InChI is InChI=1S/C17H20N2O4S/c1-3-17(20)18-13-7-11-16(12-8-13)24(21,22)19-14-5-9-15(10-6-14)23-4-2/h5-12,19H,3-4H2,1-2H3,(H,18,20). The van der Waals surface area contributed by atoms with Crippen LogP contribution in [0.4, 0.5) is 11.4 Å². The highest BCUT2D eigenvalue weighted by molar-refractivity contribution is 7.92. The predicted octanol–water partition coefficient (Wildman–Crippen LogP) is 3.23. The number of ether oxygens (including phenoxy) is 1. The summed E-state index contributed by atoms with van der Waals surface area (Å²) in [6.07, 6.45) is 0.360. The van der Waals surface area contributed by atoms with E-state index in [0.717, 1.165) is 0 Å². The molecular weight excluding hydrogens is 328 g/mol. The average molecular weight is 348 g/mol. The highest BCUT2D eigenvalue weighted by Gasteiger charge is 2.14. The SMILES string of the molecule is CCOc1ccc(NS(=O)(=O)c2ccc(NC(=O)CC)cc2)cc1. The summed E-state index contributed by atoms with van der Waals surface area (Å²) in [5, 5.41) is 2.67. The van der Waals surface area contributed by atoms with Crippen LogP contribution in [0.15, 0.2) is 53.4 Å². The van der Waals surface area contributed by atoms with Gasteiger partial charge in [0.05, 0.1) is 11.5 Å². The van der Waals surface area contributed by atoms with E-state index in [4.69, 9.17) is 4.74 Å². The molecule has 2 aromatic rings. The van der Waals surface area contributed by atoms with Gasteiger partial charge in [-0.1, -0.05) is 6.92 Å². The van der Waals surface area contributed by atoms with Crippen LogP contribution in [0.2, 0.25) is 0 Å². The number of carbonyl (C=O) groups excluding carboxylic acids is 1. The van der Waals surface area contributed by atoms with Crippen LogP contribution in [0.25, 0.3) is 0 Å². The van der Waals surface area contributed by atoms with Gasteiger partial charge in [-0.3, -0.25) is 9.52 Å². The zero-order valence-electron chi connectivity index (χ0n) is 13.6. The summed E-state index contributed by atoms with van der Waals surface area (Å²) >= 11 is 0. The number of rotatable bonds is 7. The van der Waals surface area contributed by atoms with Crippen molar-refractivity contribution in [2.24, 2.45) is 0 Å². The number of hydrogen-bond donors (Lipinski definition) is 2. The van der Waals surface area contributed by atoms with Crippen LogP contribution < -0.4 is 14.8 Å². The molecule has 0 saturated heterocycles. The Labute approximate surface area is 141 Å². The van der Waals surface area contributed by atoms with Crippen LogP contribution in [0.5, 0.6) is 5.75 Å². The molecule has 24 heavy (non-hydrogen) atoms. The molecule has 0 unspecified atom stereocenters. The minimum Gasteiger partial charge on any atom is -0.494 e. The van der Waals surface area contributed by atoms with E-state index in [-0.39, 0.29) is 10.8 Å². The topological polar surface area (TPSA) is 84.5 Å². The van der Waals surface area contributed by atoms with E-state index < -0.39 is 10.0 Å². The van der Waals surface area contributed by atoms with Gasteiger partial charge in [-0.15, -0.1) is 0 Å². The molecule has 2 rings (SSSR count). The Morgan fingerprint density at radius 3 is 2.08 bits per heavy atom. The first-order valence-corrected chi connectivity index (χ1v) is 9.08. The molecule has 0 atom stereocenters. The fourth-order valence-corrected chi connectivity index (χ4v) is 3.03. The second-order valence-corrected chi connectivity index (χ2v) is 6.67. The Balaban J connectivity index is 2.10. The quantitative estimate of drug-likeness (QED) is 0.804. The van der Waals surface area contributed by atoms with Gasteiger partial charge >= 0.3 is 0 Å². The lowest BCUT2D eigenvalue weighted by Gasteiger charge is -2.10. The van der Waals surface area contributed by atoms with Gasteiger partial charge in [0.1, 0.15) is 5.75 Å². The molecule has 2 aromatic carbocycles. The minimum atomic E-state index is -3.69. The van der Waals surface area contributed by atoms with E-state index in [1.54, 1.807) is 43.3 Å². The fourth-order valence-electron chi connectivity index (χ4n) is 1.97. The molecular formula is C17H20N2O4S. The average Bonchev–Trinajstić information content (AvgIpc) is 2.57. The van der Waals surface area contributed by atoms with Gasteiger partial charge in [-0.25, -0.2) is 8.42 Å². The molecule has 0 aliphatic carbocycles. The van der Waals surface area contributed by atoms with Crippen LogP contribution >= 0.6 is 0 Å². The lowest BCUT2D eigenvalue weighted by atomic mass is 10.3. The first kappa shape index (κ1) is 17.8. The van der Waals surface area contributed by atoms with Crippen LogP contribution in [0, 0.1) is 0 Å². The molecule has 2 N–H and O–H groups in total. The third-order valence-corrected chi connectivity index (χ3v) is 4.58. The molecule has 0 bridgehead atoms. The molecule has 128 valence electrons. The van der Waals surface area contributed by atoms with Crippen LogP contribution in [0.3, 0.4) is 0 Å². The van der Waals surface area contributed by atoms with Gasteiger partial charge in [0, 0.05) is 17.8 Å². The summed E-state index contributed by atoms with van der Waals surface area (Å²) in [4.78, 5) is 11.4. The van der Waals surface area contributed by atoms with Crippen molar-refractivity contribution in [2.75, 3.05) is 16.6 Å². The van der Waals surface area contributed by atoms with Crippen LogP contribution in [0.1, 0.15) is 20.3 Å². The van der Waals surface area contributed by atoms with Crippen LogP contribution in [-0.2, 0) is 14.8 Å². The van der Waals surface area contributed by atoms with Gasteiger partial charge in [0.2, 0.25) is 5.91 Å². The Morgan fingerprint density at radius 1 is 0.958 bits per heavy atom. The van der Waals surface area contributed by atoms with Gasteiger partial charge in [-0.2, -0.15) is 0 Å². The van der Waals surface area contributed by atoms with E-state index >= 15 is 0 Å². The maximum Gasteiger partial charge on any atom is 0.261 e. The molecule has 0 saturated carbocycles. The van der Waals surface area contributed by atoms with Crippen molar-refractivity contribution in [3.05, 3.63) is 48.5 Å². The zero-order valence-corrected chi connectivity index (χ0v) is 14.4. The van der Waals surface area contributed by atoms with Gasteiger partial charge in [0.25, 0.3) is 10.0 Å². The molecule has 6 nitrogen and oxygen atoms in total. The monoisotopic (exact) mass is 348 g/mol. The number of carbonyl (C=O) groups is 1. The molecule has 0 aliphatic rings.